The van der Waals surface area contributed by atoms with Crippen molar-refractivity contribution in [1.82, 2.24) is 0 Å². The van der Waals surface area contributed by atoms with Crippen molar-refractivity contribution < 1.29 is 4.84 Å². The molecule has 0 saturated heterocycles. The molecule has 102 valence electrons. The third kappa shape index (κ3) is 3.86. The lowest BCUT2D eigenvalue weighted by Gasteiger charge is -2.02. The molecule has 2 rings (SSSR count). The number of rotatable bonds is 4. The average Bonchev–Trinajstić information content (AvgIpc) is 2.46. The van der Waals surface area contributed by atoms with Gasteiger partial charge in [-0.05, 0) is 23.8 Å². The van der Waals surface area contributed by atoms with Gasteiger partial charge in [-0.15, -0.1) is 0 Å². The summed E-state index contributed by atoms with van der Waals surface area (Å²) in [5.41, 5.74) is 2.56. The van der Waals surface area contributed by atoms with Gasteiger partial charge in [0.05, 0.1) is 0 Å². The number of allylic oxidation sites excluding steroid dienone is 1. The molecule has 0 aliphatic carbocycles. The summed E-state index contributed by atoms with van der Waals surface area (Å²) >= 11 is 12.0. The number of halogens is 2. The molecule has 0 aromatic heterocycles. The maximum Gasteiger partial charge on any atom is 0.110 e. The molecule has 0 N–H and O–H groups in total. The smallest absolute Gasteiger partial charge is 0.110 e. The minimum Gasteiger partial charge on any atom is -0.399 e. The van der Waals surface area contributed by atoms with Crippen molar-refractivity contribution in [2.75, 3.05) is 7.11 Å². The molecule has 2 aromatic carbocycles. The second-order valence-corrected chi connectivity index (χ2v) is 4.87. The highest BCUT2D eigenvalue weighted by atomic mass is 35.5. The molecule has 2 aromatic rings. The monoisotopic (exact) mass is 305 g/mol. The Kier molecular flexibility index (Phi) is 5.22. The van der Waals surface area contributed by atoms with Crippen LogP contribution in [-0.4, -0.2) is 12.8 Å². The molecule has 0 radical (unpaired) electrons. The molecule has 0 fully saturated rings. The van der Waals surface area contributed by atoms with Crippen LogP contribution < -0.4 is 0 Å². The van der Waals surface area contributed by atoms with Crippen LogP contribution in [0.15, 0.2) is 59.8 Å². The van der Waals surface area contributed by atoms with Gasteiger partial charge in [-0.2, -0.15) is 0 Å². The molecular formula is C16H13Cl2NO. The lowest BCUT2D eigenvalue weighted by molar-refractivity contribution is 0.214. The zero-order chi connectivity index (χ0) is 14.4. The number of nitrogens with zero attached hydrogens (tertiary/aromatic N) is 1. The lowest BCUT2D eigenvalue weighted by atomic mass is 10.1. The van der Waals surface area contributed by atoms with Crippen molar-refractivity contribution >= 4 is 35.0 Å². The summed E-state index contributed by atoms with van der Waals surface area (Å²) in [4.78, 5) is 4.88. The van der Waals surface area contributed by atoms with Gasteiger partial charge in [0.25, 0.3) is 0 Å². The highest BCUT2D eigenvalue weighted by molar-refractivity contribution is 6.35. The van der Waals surface area contributed by atoms with Gasteiger partial charge in [0.15, 0.2) is 0 Å². The van der Waals surface area contributed by atoms with Crippen LogP contribution in [-0.2, 0) is 4.84 Å². The normalized spacial score (nSPS) is 11.8. The van der Waals surface area contributed by atoms with Gasteiger partial charge >= 0.3 is 0 Å². The predicted octanol–water partition coefficient (Wildman–Crippen LogP) is 5.06. The summed E-state index contributed by atoms with van der Waals surface area (Å²) in [6.07, 6.45) is 3.73. The first kappa shape index (κ1) is 14.6. The van der Waals surface area contributed by atoms with E-state index in [1.54, 1.807) is 12.1 Å². The highest BCUT2D eigenvalue weighted by Gasteiger charge is 2.01. The topological polar surface area (TPSA) is 21.6 Å². The van der Waals surface area contributed by atoms with Crippen LogP contribution >= 0.6 is 23.2 Å². The zero-order valence-corrected chi connectivity index (χ0v) is 12.4. The minimum atomic E-state index is 0.596. The van der Waals surface area contributed by atoms with E-state index in [9.17, 15) is 0 Å². The standard InChI is InChI=1S/C16H13Cl2NO/c1-20-19-16(13-5-3-2-4-6-13)10-8-12-7-9-14(17)11-15(12)18/h2-11H,1H3/b10-8+,19-16-. The molecule has 0 aliphatic rings. The molecule has 0 unspecified atom stereocenters. The van der Waals surface area contributed by atoms with Crippen molar-refractivity contribution in [3.05, 3.63) is 75.8 Å². The molecule has 0 atom stereocenters. The molecule has 0 aliphatic heterocycles. The van der Waals surface area contributed by atoms with E-state index < -0.39 is 0 Å². The van der Waals surface area contributed by atoms with Crippen LogP contribution in [0.25, 0.3) is 6.08 Å². The Labute approximate surface area is 128 Å². The van der Waals surface area contributed by atoms with E-state index >= 15 is 0 Å². The molecule has 2 nitrogen and oxygen atoms in total. The first-order valence-corrected chi connectivity index (χ1v) is 6.76. The first-order valence-electron chi connectivity index (χ1n) is 6.00. The van der Waals surface area contributed by atoms with Gasteiger partial charge in [0.1, 0.15) is 12.8 Å². The SMILES string of the molecule is CO/N=C(/C=C/c1ccc(Cl)cc1Cl)c1ccccc1. The number of hydrogen-bond donors (Lipinski definition) is 0. The van der Waals surface area contributed by atoms with Crippen LogP contribution in [0.2, 0.25) is 10.0 Å². The van der Waals surface area contributed by atoms with Crippen LogP contribution in [0.4, 0.5) is 0 Å². The number of hydrogen-bond acceptors (Lipinski definition) is 2. The van der Waals surface area contributed by atoms with E-state index in [0.29, 0.717) is 10.0 Å². The maximum atomic E-state index is 6.13. The molecule has 0 amide bonds. The predicted molar refractivity (Wildman–Crippen MR) is 85.5 cm³/mol. The minimum absolute atomic E-state index is 0.596. The summed E-state index contributed by atoms with van der Waals surface area (Å²) in [7, 11) is 1.52. The van der Waals surface area contributed by atoms with E-state index in [1.807, 2.05) is 48.6 Å². The summed E-state index contributed by atoms with van der Waals surface area (Å²) in [6.45, 7) is 0. The van der Waals surface area contributed by atoms with Crippen molar-refractivity contribution in [3.8, 4) is 0 Å². The van der Waals surface area contributed by atoms with Crippen LogP contribution in [0, 0.1) is 0 Å². The highest BCUT2D eigenvalue weighted by Crippen LogP contribution is 2.22. The van der Waals surface area contributed by atoms with Gasteiger partial charge < -0.3 is 4.84 Å². The first-order chi connectivity index (χ1) is 9.70. The number of oxime groups is 1. The van der Waals surface area contributed by atoms with Crippen molar-refractivity contribution in [3.63, 3.8) is 0 Å². The summed E-state index contributed by atoms with van der Waals surface area (Å²) in [5.74, 6) is 0. The second-order valence-electron chi connectivity index (χ2n) is 4.02. The fourth-order valence-electron chi connectivity index (χ4n) is 1.69. The van der Waals surface area contributed by atoms with Gasteiger partial charge in [-0.3, -0.25) is 0 Å². The van der Waals surface area contributed by atoms with Gasteiger partial charge in [-0.25, -0.2) is 0 Å². The van der Waals surface area contributed by atoms with E-state index in [-0.39, 0.29) is 0 Å². The lowest BCUT2D eigenvalue weighted by Crippen LogP contribution is -1.97. The molecule has 0 bridgehead atoms. The average molecular weight is 306 g/mol. The third-order valence-corrected chi connectivity index (χ3v) is 3.20. The Bertz CT molecular complexity index is 636. The van der Waals surface area contributed by atoms with Crippen LogP contribution in [0.1, 0.15) is 11.1 Å². The van der Waals surface area contributed by atoms with Crippen molar-refractivity contribution in [2.24, 2.45) is 5.16 Å². The zero-order valence-electron chi connectivity index (χ0n) is 10.9. The Hall–Kier alpha value is -1.77. The fourth-order valence-corrected chi connectivity index (χ4v) is 2.16. The summed E-state index contributed by atoms with van der Waals surface area (Å²) in [6, 6.07) is 15.1. The molecule has 20 heavy (non-hydrogen) atoms. The maximum absolute atomic E-state index is 6.13. The van der Waals surface area contributed by atoms with Crippen molar-refractivity contribution in [2.45, 2.75) is 0 Å². The van der Waals surface area contributed by atoms with Gasteiger partial charge in [-0.1, -0.05) is 70.8 Å². The molecule has 0 saturated carbocycles. The van der Waals surface area contributed by atoms with E-state index in [0.717, 1.165) is 16.8 Å². The Morgan fingerprint density at radius 3 is 2.50 bits per heavy atom. The molecule has 4 heteroatoms. The van der Waals surface area contributed by atoms with E-state index in [2.05, 4.69) is 5.16 Å². The van der Waals surface area contributed by atoms with Crippen LogP contribution in [0.5, 0.6) is 0 Å². The Morgan fingerprint density at radius 2 is 1.85 bits per heavy atom. The van der Waals surface area contributed by atoms with Crippen LogP contribution in [0.3, 0.4) is 0 Å². The number of benzene rings is 2. The summed E-state index contributed by atoms with van der Waals surface area (Å²) in [5, 5.41) is 5.23. The van der Waals surface area contributed by atoms with Crippen molar-refractivity contribution in [1.29, 1.82) is 0 Å². The van der Waals surface area contributed by atoms with Gasteiger partial charge in [0, 0.05) is 15.6 Å². The largest absolute Gasteiger partial charge is 0.399 e. The fraction of sp³-hybridized carbons (Fsp3) is 0.0625. The quantitative estimate of drug-likeness (QED) is 0.571. The van der Waals surface area contributed by atoms with E-state index in [4.69, 9.17) is 28.0 Å². The third-order valence-electron chi connectivity index (χ3n) is 2.64. The molecular weight excluding hydrogens is 293 g/mol. The Morgan fingerprint density at radius 1 is 1.10 bits per heavy atom. The van der Waals surface area contributed by atoms with E-state index in [1.165, 1.54) is 7.11 Å². The molecule has 0 spiro atoms. The van der Waals surface area contributed by atoms with Gasteiger partial charge in [0.2, 0.25) is 0 Å². The Balaban J connectivity index is 2.29. The second kappa shape index (κ2) is 7.13. The summed E-state index contributed by atoms with van der Waals surface area (Å²) < 4.78 is 0. The molecule has 0 heterocycles.